The van der Waals surface area contributed by atoms with Crippen molar-refractivity contribution in [2.75, 3.05) is 0 Å². The Kier molecular flexibility index (Phi) is 14.6. The first-order chi connectivity index (χ1) is 10.1. The molecule has 0 saturated heterocycles. The third kappa shape index (κ3) is 18.9. The van der Waals surface area contributed by atoms with E-state index in [4.69, 9.17) is 5.11 Å². The number of carbonyl (C=O) groups is 1. The quantitative estimate of drug-likeness (QED) is 0.309. The highest BCUT2D eigenvalue weighted by Crippen LogP contribution is 2.08. The first kappa shape index (κ1) is 19.9. The van der Waals surface area contributed by atoms with Crippen LogP contribution in [0.5, 0.6) is 0 Å². The van der Waals surface area contributed by atoms with Crippen LogP contribution in [0.3, 0.4) is 0 Å². The van der Waals surface area contributed by atoms with E-state index in [1.54, 1.807) is 0 Å². The lowest BCUT2D eigenvalue weighted by Gasteiger charge is -2.00. The van der Waals surface area contributed by atoms with Crippen LogP contribution in [0.4, 0.5) is 0 Å². The normalized spacial score (nSPS) is 12.0. The maximum atomic E-state index is 10.3. The maximum absolute atomic E-state index is 10.3. The predicted molar refractivity (Wildman–Crippen MR) is 91.5 cm³/mol. The number of allylic oxidation sites excluding steroid dienone is 4. The van der Waals surface area contributed by atoms with E-state index in [0.717, 1.165) is 38.0 Å². The Labute approximate surface area is 131 Å². The number of carboxylic acids is 1. The van der Waals surface area contributed by atoms with E-state index < -0.39 is 5.97 Å². The van der Waals surface area contributed by atoms with Gasteiger partial charge in [-0.15, -0.1) is 0 Å². The van der Waals surface area contributed by atoms with Crippen molar-refractivity contribution < 1.29 is 9.90 Å². The standard InChI is InChI=1S/C19H34O2/c1-18(2)16-14-12-10-8-6-4-3-5-7-9-11-13-15-17-19(20)21/h3-4,8,10,18H,5-7,9,11-17H2,1-2H3,(H,20,21). The van der Waals surface area contributed by atoms with Gasteiger partial charge in [0.2, 0.25) is 0 Å². The van der Waals surface area contributed by atoms with Gasteiger partial charge in [0.1, 0.15) is 0 Å². The van der Waals surface area contributed by atoms with Gasteiger partial charge < -0.3 is 5.11 Å². The summed E-state index contributed by atoms with van der Waals surface area (Å²) in [6.07, 6.45) is 20.9. The van der Waals surface area contributed by atoms with Crippen molar-refractivity contribution in [2.45, 2.75) is 84.5 Å². The smallest absolute Gasteiger partial charge is 0.303 e. The first-order valence-corrected chi connectivity index (χ1v) is 8.64. The molecule has 2 nitrogen and oxygen atoms in total. The van der Waals surface area contributed by atoms with Crippen LogP contribution in [0.1, 0.15) is 84.5 Å². The van der Waals surface area contributed by atoms with Gasteiger partial charge in [0, 0.05) is 6.42 Å². The molecule has 0 aliphatic heterocycles. The number of hydrogen-bond donors (Lipinski definition) is 1. The Morgan fingerprint density at radius 3 is 2.05 bits per heavy atom. The molecule has 0 aliphatic rings. The van der Waals surface area contributed by atoms with Crippen LogP contribution >= 0.6 is 0 Å². The lowest BCUT2D eigenvalue weighted by atomic mass is 10.1. The summed E-state index contributed by atoms with van der Waals surface area (Å²) in [5.41, 5.74) is 0. The molecule has 122 valence electrons. The Bertz CT molecular complexity index is 290. The molecule has 0 unspecified atom stereocenters. The fraction of sp³-hybridized carbons (Fsp3) is 0.737. The molecule has 0 aromatic heterocycles. The van der Waals surface area contributed by atoms with E-state index in [2.05, 4.69) is 38.2 Å². The third-order valence-corrected chi connectivity index (χ3v) is 3.52. The molecule has 0 fully saturated rings. The molecule has 1 N–H and O–H groups in total. The van der Waals surface area contributed by atoms with Crippen LogP contribution in [0.2, 0.25) is 0 Å². The van der Waals surface area contributed by atoms with Gasteiger partial charge in [-0.1, -0.05) is 63.8 Å². The van der Waals surface area contributed by atoms with Crippen LogP contribution in [0.25, 0.3) is 0 Å². The molecule has 0 bridgehead atoms. The largest absolute Gasteiger partial charge is 0.481 e. The molecule has 0 saturated carbocycles. The molecule has 0 atom stereocenters. The Balaban J connectivity index is 3.22. The lowest BCUT2D eigenvalue weighted by Crippen LogP contribution is -1.93. The van der Waals surface area contributed by atoms with Gasteiger partial charge in [0.25, 0.3) is 0 Å². The zero-order chi connectivity index (χ0) is 15.8. The molecule has 21 heavy (non-hydrogen) atoms. The SMILES string of the molecule is CC(C)CCCC=CCC=CCCCCCCCC(=O)O. The summed E-state index contributed by atoms with van der Waals surface area (Å²) >= 11 is 0. The van der Waals surface area contributed by atoms with Crippen LogP contribution in [-0.4, -0.2) is 11.1 Å². The maximum Gasteiger partial charge on any atom is 0.303 e. The van der Waals surface area contributed by atoms with E-state index in [9.17, 15) is 4.79 Å². The number of unbranched alkanes of at least 4 members (excludes halogenated alkanes) is 6. The van der Waals surface area contributed by atoms with Crippen molar-refractivity contribution in [1.29, 1.82) is 0 Å². The second-order valence-electron chi connectivity index (χ2n) is 6.20. The molecule has 2 heteroatoms. The van der Waals surface area contributed by atoms with Crippen LogP contribution in [-0.2, 0) is 4.79 Å². The van der Waals surface area contributed by atoms with Gasteiger partial charge in [0.15, 0.2) is 0 Å². The number of aliphatic carboxylic acids is 1. The minimum absolute atomic E-state index is 0.323. The lowest BCUT2D eigenvalue weighted by molar-refractivity contribution is -0.137. The highest BCUT2D eigenvalue weighted by Gasteiger charge is 1.95. The highest BCUT2D eigenvalue weighted by atomic mass is 16.4. The van der Waals surface area contributed by atoms with Gasteiger partial charge in [-0.2, -0.15) is 0 Å². The summed E-state index contributed by atoms with van der Waals surface area (Å²) in [5.74, 6) is 0.151. The van der Waals surface area contributed by atoms with Gasteiger partial charge >= 0.3 is 5.97 Å². The van der Waals surface area contributed by atoms with Crippen molar-refractivity contribution in [3.63, 3.8) is 0 Å². The third-order valence-electron chi connectivity index (χ3n) is 3.52. The molecular formula is C19H34O2. The summed E-state index contributed by atoms with van der Waals surface area (Å²) in [6.45, 7) is 4.55. The van der Waals surface area contributed by atoms with E-state index in [1.165, 1.54) is 32.1 Å². The van der Waals surface area contributed by atoms with E-state index in [1.807, 2.05) is 0 Å². The first-order valence-electron chi connectivity index (χ1n) is 8.64. The highest BCUT2D eigenvalue weighted by molar-refractivity contribution is 5.66. The zero-order valence-electron chi connectivity index (χ0n) is 14.0. The molecule has 0 radical (unpaired) electrons. The van der Waals surface area contributed by atoms with E-state index >= 15 is 0 Å². The van der Waals surface area contributed by atoms with Crippen molar-refractivity contribution in [2.24, 2.45) is 5.92 Å². The monoisotopic (exact) mass is 294 g/mol. The average Bonchev–Trinajstić information content (AvgIpc) is 2.42. The van der Waals surface area contributed by atoms with Crippen LogP contribution in [0, 0.1) is 5.92 Å². The second kappa shape index (κ2) is 15.3. The molecule has 0 aliphatic carbocycles. The summed E-state index contributed by atoms with van der Waals surface area (Å²) in [5, 5.41) is 8.51. The van der Waals surface area contributed by atoms with Crippen molar-refractivity contribution in [1.82, 2.24) is 0 Å². The average molecular weight is 294 g/mol. The molecule has 0 spiro atoms. The molecule has 0 heterocycles. The predicted octanol–water partition coefficient (Wildman–Crippen LogP) is 6.13. The fourth-order valence-electron chi connectivity index (χ4n) is 2.22. The number of rotatable bonds is 14. The van der Waals surface area contributed by atoms with E-state index in [-0.39, 0.29) is 0 Å². The van der Waals surface area contributed by atoms with Crippen molar-refractivity contribution >= 4 is 5.97 Å². The Hall–Kier alpha value is -1.05. The van der Waals surface area contributed by atoms with Gasteiger partial charge in [0.05, 0.1) is 0 Å². The summed E-state index contributed by atoms with van der Waals surface area (Å²) in [6, 6.07) is 0. The molecular weight excluding hydrogens is 260 g/mol. The second-order valence-corrected chi connectivity index (χ2v) is 6.20. The van der Waals surface area contributed by atoms with Gasteiger partial charge in [-0.05, 0) is 44.4 Å². The minimum Gasteiger partial charge on any atom is -0.481 e. The summed E-state index contributed by atoms with van der Waals surface area (Å²) in [4.78, 5) is 10.3. The zero-order valence-corrected chi connectivity index (χ0v) is 14.0. The van der Waals surface area contributed by atoms with Crippen LogP contribution < -0.4 is 0 Å². The summed E-state index contributed by atoms with van der Waals surface area (Å²) in [7, 11) is 0. The van der Waals surface area contributed by atoms with Crippen LogP contribution in [0.15, 0.2) is 24.3 Å². The fourth-order valence-corrected chi connectivity index (χ4v) is 2.22. The molecule has 0 aromatic rings. The molecule has 0 rings (SSSR count). The molecule has 0 aromatic carbocycles. The summed E-state index contributed by atoms with van der Waals surface area (Å²) < 4.78 is 0. The minimum atomic E-state index is -0.671. The van der Waals surface area contributed by atoms with Crippen molar-refractivity contribution in [3.05, 3.63) is 24.3 Å². The Morgan fingerprint density at radius 1 is 0.857 bits per heavy atom. The van der Waals surface area contributed by atoms with Crippen molar-refractivity contribution in [3.8, 4) is 0 Å². The topological polar surface area (TPSA) is 37.3 Å². The van der Waals surface area contributed by atoms with Gasteiger partial charge in [-0.3, -0.25) is 4.79 Å². The van der Waals surface area contributed by atoms with Gasteiger partial charge in [-0.25, -0.2) is 0 Å². The molecule has 0 amide bonds. The Morgan fingerprint density at radius 2 is 1.43 bits per heavy atom. The number of hydrogen-bond acceptors (Lipinski definition) is 1. The van der Waals surface area contributed by atoms with E-state index in [0.29, 0.717) is 6.42 Å². The number of carboxylic acid groups (broad SMARTS) is 1.